The molecule has 1 nitrogen and oxygen atoms in total. The fourth-order valence-corrected chi connectivity index (χ4v) is 2.45. The zero-order valence-corrected chi connectivity index (χ0v) is 16.9. The summed E-state index contributed by atoms with van der Waals surface area (Å²) in [5.74, 6) is 3.87. The maximum atomic E-state index is 9.00. The molecule has 1 aromatic rings. The first-order chi connectivity index (χ1) is 11.5. The van der Waals surface area contributed by atoms with Crippen LogP contribution < -0.4 is 5.96 Å². The Hall–Kier alpha value is -1.06. The van der Waals surface area contributed by atoms with E-state index in [1.807, 2.05) is 50.2 Å². The predicted molar refractivity (Wildman–Crippen MR) is 113 cm³/mol. The molecule has 1 aliphatic rings. The molecule has 0 atom stereocenters. The fourth-order valence-electron chi connectivity index (χ4n) is 2.19. The molecule has 1 aromatic carbocycles. The van der Waals surface area contributed by atoms with Crippen LogP contribution in [0.3, 0.4) is 0 Å². The van der Waals surface area contributed by atoms with E-state index in [4.69, 9.17) is 4.48 Å². The second-order valence-corrected chi connectivity index (χ2v) is 6.77. The number of allylic oxidation sites excluding steroid dienone is 2. The Morgan fingerprint density at radius 3 is 1.33 bits per heavy atom. The molecule has 0 unspecified atom stereocenters. The molecule has 24 heavy (non-hydrogen) atoms. The molecule has 0 amide bonds. The zero-order valence-electron chi connectivity index (χ0n) is 16.0. The third-order valence-electron chi connectivity index (χ3n) is 3.44. The van der Waals surface area contributed by atoms with Crippen LogP contribution in [0.2, 0.25) is 0 Å². The lowest BCUT2D eigenvalue weighted by atomic mass is 9.81. The molecule has 2 rings (SSSR count). The topological polar surface area (TPSA) is 26.0 Å². The summed E-state index contributed by atoms with van der Waals surface area (Å²) >= 11 is 4.60. The van der Waals surface area contributed by atoms with Gasteiger partial charge < -0.3 is 0 Å². The second-order valence-electron chi connectivity index (χ2n) is 5.61. The van der Waals surface area contributed by atoms with E-state index in [-0.39, 0.29) is 4.75 Å². The Morgan fingerprint density at radius 2 is 1.17 bits per heavy atom. The van der Waals surface area contributed by atoms with E-state index < -0.39 is 0 Å². The largest absolute Gasteiger partial charge is 0.173 e. The van der Waals surface area contributed by atoms with Gasteiger partial charge in [0, 0.05) is 4.75 Å². The minimum Gasteiger partial charge on any atom is -0.173 e. The number of benzene rings is 1. The van der Waals surface area contributed by atoms with Crippen LogP contribution in [-0.2, 0) is 0 Å². The summed E-state index contributed by atoms with van der Waals surface area (Å²) in [5, 5.41) is 0. The van der Waals surface area contributed by atoms with Gasteiger partial charge in [0.1, 0.15) is 0 Å². The van der Waals surface area contributed by atoms with E-state index in [0.717, 1.165) is 5.92 Å². The van der Waals surface area contributed by atoms with Gasteiger partial charge in [-0.25, -0.2) is 0 Å². The molecule has 140 valence electrons. The van der Waals surface area contributed by atoms with Gasteiger partial charge in [0.25, 0.3) is 0 Å². The Balaban J connectivity index is -0.000000271. The van der Waals surface area contributed by atoms with Crippen LogP contribution in [0, 0.1) is 5.92 Å². The highest BCUT2D eigenvalue weighted by molar-refractivity contribution is 7.81. The van der Waals surface area contributed by atoms with Crippen molar-refractivity contribution in [2.75, 3.05) is 0 Å². The highest BCUT2D eigenvalue weighted by atomic mass is 32.1. The van der Waals surface area contributed by atoms with Gasteiger partial charge in [0.2, 0.25) is 0 Å². The SMILES string of the molecule is C=CC=C.CC.CC(C)(S)C1CCCCC1.NF.c1ccccc1. The quantitative estimate of drug-likeness (QED) is 0.328. The molecule has 2 N–H and O–H groups in total. The molecular weight excluding hydrogens is 317 g/mol. The highest BCUT2D eigenvalue weighted by Crippen LogP contribution is 2.35. The van der Waals surface area contributed by atoms with E-state index >= 15 is 0 Å². The maximum absolute atomic E-state index is 9.00. The molecule has 1 saturated carbocycles. The van der Waals surface area contributed by atoms with Crippen LogP contribution in [0.5, 0.6) is 0 Å². The lowest BCUT2D eigenvalue weighted by molar-refractivity contribution is 0.305. The van der Waals surface area contributed by atoms with Crippen LogP contribution in [-0.4, -0.2) is 4.75 Å². The third kappa shape index (κ3) is 20.9. The van der Waals surface area contributed by atoms with Gasteiger partial charge >= 0.3 is 0 Å². The van der Waals surface area contributed by atoms with Gasteiger partial charge in [-0.15, -0.1) is 4.48 Å². The fraction of sp³-hybridized carbons (Fsp3) is 0.524. The standard InChI is InChI=1S/C9H18S.C6H6.C4H6.C2H6.FH2N/c1-9(2,10)8-6-4-3-5-7-8;1-2-4-6-5-3-1;1-3-4-2;2*1-2/h8,10H,3-7H2,1-2H3;1-6H;3-4H,1-2H2;1-2H3;2H2. The molecule has 1 aliphatic carbocycles. The zero-order chi connectivity index (χ0) is 19.3. The Morgan fingerprint density at radius 1 is 0.875 bits per heavy atom. The smallest absolute Gasteiger partial charge is 0.0101 e. The minimum atomic E-state index is 0.264. The first-order valence-electron chi connectivity index (χ1n) is 8.70. The van der Waals surface area contributed by atoms with Gasteiger partial charge in [0.15, 0.2) is 0 Å². The number of thiol groups is 1. The average Bonchev–Trinajstić information content (AvgIpc) is 2.67. The minimum absolute atomic E-state index is 0.264. The van der Waals surface area contributed by atoms with Crippen molar-refractivity contribution < 1.29 is 4.48 Å². The van der Waals surface area contributed by atoms with Crippen LogP contribution in [0.25, 0.3) is 0 Å². The van der Waals surface area contributed by atoms with Gasteiger partial charge in [-0.2, -0.15) is 18.6 Å². The molecule has 0 radical (unpaired) electrons. The lowest BCUT2D eigenvalue weighted by Gasteiger charge is -2.32. The van der Waals surface area contributed by atoms with Crippen LogP contribution in [0.4, 0.5) is 4.48 Å². The van der Waals surface area contributed by atoms with Crippen molar-refractivity contribution in [2.45, 2.75) is 64.5 Å². The molecule has 0 saturated heterocycles. The van der Waals surface area contributed by atoms with E-state index in [1.165, 1.54) is 32.1 Å². The summed E-state index contributed by atoms with van der Waals surface area (Å²) in [6, 6.07) is 12.0. The number of halogens is 1. The first kappa shape index (κ1) is 27.8. The average molecular weight is 356 g/mol. The summed E-state index contributed by atoms with van der Waals surface area (Å²) in [6.07, 6.45) is 10.4. The van der Waals surface area contributed by atoms with Crippen molar-refractivity contribution in [3.8, 4) is 0 Å². The Bertz CT molecular complexity index is 308. The predicted octanol–water partition coefficient (Wildman–Crippen LogP) is 7.18. The van der Waals surface area contributed by atoms with Crippen LogP contribution in [0.15, 0.2) is 61.7 Å². The third-order valence-corrected chi connectivity index (χ3v) is 3.80. The summed E-state index contributed by atoms with van der Waals surface area (Å²) < 4.78 is 9.26. The number of hydrogen-bond acceptors (Lipinski definition) is 2. The van der Waals surface area contributed by atoms with Crippen molar-refractivity contribution in [1.29, 1.82) is 0 Å². The molecule has 0 aliphatic heterocycles. The van der Waals surface area contributed by atoms with E-state index in [2.05, 4.69) is 45.6 Å². The maximum Gasteiger partial charge on any atom is 0.0101 e. The van der Waals surface area contributed by atoms with Gasteiger partial charge in [-0.3, -0.25) is 0 Å². The molecular formula is C21H38FNS. The van der Waals surface area contributed by atoms with Crippen molar-refractivity contribution in [3.05, 3.63) is 61.7 Å². The van der Waals surface area contributed by atoms with E-state index in [9.17, 15) is 0 Å². The lowest BCUT2D eigenvalue weighted by Crippen LogP contribution is -2.26. The highest BCUT2D eigenvalue weighted by Gasteiger charge is 2.26. The summed E-state index contributed by atoms with van der Waals surface area (Å²) in [5.41, 5.74) is 0. The summed E-state index contributed by atoms with van der Waals surface area (Å²) in [4.78, 5) is 0. The molecule has 0 spiro atoms. The Kier molecular flexibility index (Phi) is 25.4. The van der Waals surface area contributed by atoms with Gasteiger partial charge in [-0.1, -0.05) is 109 Å². The summed E-state index contributed by atoms with van der Waals surface area (Å²) in [7, 11) is 0. The van der Waals surface area contributed by atoms with Crippen molar-refractivity contribution in [3.63, 3.8) is 0 Å². The summed E-state index contributed by atoms with van der Waals surface area (Å²) in [6.45, 7) is 15.2. The molecule has 0 heterocycles. The number of nitrogens with two attached hydrogens (primary N) is 1. The normalized spacial score (nSPS) is 13.0. The molecule has 0 bridgehead atoms. The van der Waals surface area contributed by atoms with E-state index in [1.54, 1.807) is 12.2 Å². The van der Waals surface area contributed by atoms with Crippen molar-refractivity contribution in [2.24, 2.45) is 11.9 Å². The molecule has 3 heteroatoms. The van der Waals surface area contributed by atoms with Gasteiger partial charge in [0.05, 0.1) is 0 Å². The second kappa shape index (κ2) is 21.9. The van der Waals surface area contributed by atoms with Crippen molar-refractivity contribution >= 4 is 12.6 Å². The monoisotopic (exact) mass is 355 g/mol. The van der Waals surface area contributed by atoms with Gasteiger partial charge in [-0.05, 0) is 18.8 Å². The van der Waals surface area contributed by atoms with Crippen LogP contribution >= 0.6 is 12.6 Å². The first-order valence-corrected chi connectivity index (χ1v) is 9.14. The molecule has 0 aromatic heterocycles. The van der Waals surface area contributed by atoms with E-state index in [0.29, 0.717) is 0 Å². The Labute approximate surface area is 155 Å². The number of rotatable bonds is 2. The van der Waals surface area contributed by atoms with Crippen molar-refractivity contribution in [1.82, 2.24) is 0 Å². The number of hydrogen-bond donors (Lipinski definition) is 2. The molecule has 1 fully saturated rings. The van der Waals surface area contributed by atoms with Crippen LogP contribution in [0.1, 0.15) is 59.8 Å².